The fraction of sp³-hybridized carbons (Fsp3) is 0.522. The second-order valence-electron chi connectivity index (χ2n) is 9.21. The number of nitrogens with one attached hydrogen (secondary N) is 1. The number of carbonyl (C=O) groups is 1. The van der Waals surface area contributed by atoms with Gasteiger partial charge in [-0.1, -0.05) is 22.9 Å². The molecule has 2 aromatic rings. The molecule has 0 radical (unpaired) electrons. The van der Waals surface area contributed by atoms with Gasteiger partial charge in [-0.25, -0.2) is 9.79 Å². The zero-order valence-electron chi connectivity index (χ0n) is 19.8. The normalized spacial score (nSPS) is 17.5. The molecule has 0 bridgehead atoms. The average Bonchev–Trinajstić information content (AvgIpc) is 3.16. The maximum atomic E-state index is 12.5. The second kappa shape index (κ2) is 10.2. The van der Waals surface area contributed by atoms with Gasteiger partial charge in [0.2, 0.25) is 5.13 Å². The van der Waals surface area contributed by atoms with Gasteiger partial charge in [0.25, 0.3) is 0 Å². The number of aromatic nitrogens is 2. The van der Waals surface area contributed by atoms with Crippen LogP contribution in [0.15, 0.2) is 23.2 Å². The molecular weight excluding hydrogens is 462 g/mol. The van der Waals surface area contributed by atoms with Gasteiger partial charge in [0, 0.05) is 36.5 Å². The number of benzene rings is 1. The van der Waals surface area contributed by atoms with Gasteiger partial charge >= 0.3 is 6.09 Å². The lowest BCUT2D eigenvalue weighted by Crippen LogP contribution is -2.47. The monoisotopic (exact) mass is 491 g/mol. The van der Waals surface area contributed by atoms with E-state index in [4.69, 9.17) is 26.5 Å². The van der Waals surface area contributed by atoms with Crippen LogP contribution in [0.3, 0.4) is 0 Å². The summed E-state index contributed by atoms with van der Waals surface area (Å²) in [6.07, 6.45) is 0.151. The molecule has 1 aliphatic rings. The minimum atomic E-state index is -0.564. The molecule has 1 aromatic carbocycles. The van der Waals surface area contributed by atoms with Gasteiger partial charge in [0.05, 0.1) is 17.0 Å². The molecule has 0 saturated carbocycles. The zero-order chi connectivity index (χ0) is 24.3. The van der Waals surface area contributed by atoms with Crippen LogP contribution < -0.4 is 4.74 Å². The number of likely N-dealkylation sites (tertiary alicyclic amines) is 1. The number of amides is 1. The molecule has 1 saturated heterocycles. The molecule has 1 atom stereocenters. The second-order valence-corrected chi connectivity index (χ2v) is 10.6. The van der Waals surface area contributed by atoms with Crippen molar-refractivity contribution in [1.29, 1.82) is 5.41 Å². The molecule has 10 heteroatoms. The summed E-state index contributed by atoms with van der Waals surface area (Å²) in [6, 6.07) is 5.51. The summed E-state index contributed by atoms with van der Waals surface area (Å²) in [5.74, 6) is 0.347. The molecule has 1 aliphatic heterocycles. The molecule has 0 spiro atoms. The molecule has 1 fully saturated rings. The number of rotatable bonds is 5. The van der Waals surface area contributed by atoms with E-state index in [2.05, 4.69) is 15.2 Å². The topological polar surface area (TPSA) is 101 Å². The Balaban J connectivity index is 1.74. The van der Waals surface area contributed by atoms with Crippen molar-refractivity contribution in [1.82, 2.24) is 15.1 Å². The van der Waals surface area contributed by atoms with E-state index in [1.54, 1.807) is 11.0 Å². The maximum Gasteiger partial charge on any atom is 0.410 e. The molecule has 8 nitrogen and oxygen atoms in total. The van der Waals surface area contributed by atoms with Crippen molar-refractivity contribution in [2.75, 3.05) is 13.1 Å². The zero-order valence-corrected chi connectivity index (χ0v) is 21.4. The Morgan fingerprint density at radius 1 is 1.33 bits per heavy atom. The Morgan fingerprint density at radius 2 is 2.06 bits per heavy atom. The summed E-state index contributed by atoms with van der Waals surface area (Å²) in [5, 5.41) is 18.5. The molecular formula is C23H30ClN5O3S. The molecule has 1 amide bonds. The van der Waals surface area contributed by atoms with Crippen LogP contribution in [0.1, 0.15) is 48.0 Å². The summed E-state index contributed by atoms with van der Waals surface area (Å²) in [7, 11) is 0. The van der Waals surface area contributed by atoms with Crippen molar-refractivity contribution >= 4 is 45.6 Å². The van der Waals surface area contributed by atoms with Crippen molar-refractivity contribution in [3.8, 4) is 16.3 Å². The quantitative estimate of drug-likeness (QED) is 0.515. The van der Waals surface area contributed by atoms with E-state index in [1.807, 2.05) is 53.7 Å². The lowest BCUT2D eigenvalue weighted by atomic mass is 9.92. The van der Waals surface area contributed by atoms with E-state index in [9.17, 15) is 4.79 Å². The number of hydrogen-bond acceptors (Lipinski definition) is 8. The largest absolute Gasteiger partial charge is 0.489 e. The van der Waals surface area contributed by atoms with E-state index in [0.29, 0.717) is 46.1 Å². The first-order chi connectivity index (χ1) is 15.4. The van der Waals surface area contributed by atoms with Gasteiger partial charge in [0.15, 0.2) is 0 Å². The van der Waals surface area contributed by atoms with E-state index in [1.165, 1.54) is 11.3 Å². The van der Waals surface area contributed by atoms with E-state index in [-0.39, 0.29) is 18.1 Å². The Bertz CT molecular complexity index is 1060. The molecule has 3 rings (SSSR count). The van der Waals surface area contributed by atoms with Crippen LogP contribution in [0.5, 0.6) is 5.75 Å². The maximum absolute atomic E-state index is 12.5. The van der Waals surface area contributed by atoms with Crippen molar-refractivity contribution in [3.05, 3.63) is 23.2 Å². The highest BCUT2D eigenvalue weighted by Crippen LogP contribution is 2.34. The van der Waals surface area contributed by atoms with Crippen molar-refractivity contribution < 1.29 is 14.3 Å². The van der Waals surface area contributed by atoms with Gasteiger partial charge in [-0.05, 0) is 59.7 Å². The fourth-order valence-electron chi connectivity index (χ4n) is 3.32. The SMILES string of the molecule is CC(=Nc1nnc(-c2ccc(OC(C)C)c(Cl)c2)s1)C1CN(C(=O)OC(C)(C)C)CCC1=N. The first kappa shape index (κ1) is 25.1. The average molecular weight is 492 g/mol. The van der Waals surface area contributed by atoms with Crippen LogP contribution in [-0.4, -0.2) is 57.4 Å². The summed E-state index contributed by atoms with van der Waals surface area (Å²) < 4.78 is 11.2. The van der Waals surface area contributed by atoms with Gasteiger partial charge in [-0.3, -0.25) is 0 Å². The van der Waals surface area contributed by atoms with Crippen molar-refractivity contribution in [2.24, 2.45) is 10.9 Å². The van der Waals surface area contributed by atoms with Crippen LogP contribution in [0.25, 0.3) is 10.6 Å². The van der Waals surface area contributed by atoms with Crippen molar-refractivity contribution in [2.45, 2.75) is 59.7 Å². The predicted octanol–water partition coefficient (Wildman–Crippen LogP) is 6.01. The number of piperidine rings is 1. The Hall–Kier alpha value is -2.52. The molecule has 178 valence electrons. The Labute approximate surface area is 203 Å². The van der Waals surface area contributed by atoms with Crippen molar-refractivity contribution in [3.63, 3.8) is 0 Å². The Kier molecular flexibility index (Phi) is 7.74. The molecule has 0 aliphatic carbocycles. The third-order valence-corrected chi connectivity index (χ3v) is 6.02. The smallest absolute Gasteiger partial charge is 0.410 e. The lowest BCUT2D eigenvalue weighted by Gasteiger charge is -2.34. The number of halogens is 1. The van der Waals surface area contributed by atoms with Crippen LogP contribution in [0.4, 0.5) is 9.93 Å². The summed E-state index contributed by atoms with van der Waals surface area (Å²) in [4.78, 5) is 18.7. The summed E-state index contributed by atoms with van der Waals surface area (Å²) in [5.41, 5.74) is 1.53. The molecule has 1 unspecified atom stereocenters. The van der Waals surface area contributed by atoms with Crippen LogP contribution in [-0.2, 0) is 4.74 Å². The third kappa shape index (κ3) is 6.74. The van der Waals surface area contributed by atoms with E-state index < -0.39 is 5.60 Å². The van der Waals surface area contributed by atoms with E-state index >= 15 is 0 Å². The van der Waals surface area contributed by atoms with Crippen LogP contribution >= 0.6 is 22.9 Å². The van der Waals surface area contributed by atoms with Crippen LogP contribution in [0, 0.1) is 11.3 Å². The highest BCUT2D eigenvalue weighted by molar-refractivity contribution is 7.18. The van der Waals surface area contributed by atoms with Gasteiger partial charge in [-0.15, -0.1) is 10.2 Å². The molecule has 1 aromatic heterocycles. The fourth-order valence-corrected chi connectivity index (χ4v) is 4.31. The highest BCUT2D eigenvalue weighted by atomic mass is 35.5. The number of carbonyl (C=O) groups excluding carboxylic acids is 1. The number of nitrogens with zero attached hydrogens (tertiary/aromatic N) is 4. The molecule has 2 heterocycles. The summed E-state index contributed by atoms with van der Waals surface area (Å²) >= 11 is 7.69. The lowest BCUT2D eigenvalue weighted by molar-refractivity contribution is 0.0237. The number of ether oxygens (including phenoxy) is 2. The third-order valence-electron chi connectivity index (χ3n) is 4.86. The Morgan fingerprint density at radius 3 is 2.70 bits per heavy atom. The highest BCUT2D eigenvalue weighted by Gasteiger charge is 2.32. The first-order valence-corrected chi connectivity index (χ1v) is 12.0. The molecule has 33 heavy (non-hydrogen) atoms. The standard InChI is InChI=1S/C23H30ClN5O3S/c1-13(2)31-19-8-7-15(11-17(19)24)20-27-28-21(33-20)26-14(3)16-12-29(10-9-18(16)25)22(30)32-23(4,5)6/h7-8,11,13,16,25H,9-10,12H2,1-6H3. The predicted molar refractivity (Wildman–Crippen MR) is 133 cm³/mol. The van der Waals surface area contributed by atoms with E-state index in [0.717, 1.165) is 11.3 Å². The van der Waals surface area contributed by atoms with Gasteiger partial charge < -0.3 is 19.8 Å². The minimum absolute atomic E-state index is 0.0311. The summed E-state index contributed by atoms with van der Waals surface area (Å²) in [6.45, 7) is 12.1. The van der Waals surface area contributed by atoms with Crippen LogP contribution in [0.2, 0.25) is 5.02 Å². The number of aliphatic imine (C=N–C) groups is 1. The minimum Gasteiger partial charge on any atom is -0.489 e. The molecule has 1 N–H and O–H groups in total. The first-order valence-electron chi connectivity index (χ1n) is 10.8. The van der Waals surface area contributed by atoms with Gasteiger partial charge in [0.1, 0.15) is 16.4 Å². The van der Waals surface area contributed by atoms with Gasteiger partial charge in [-0.2, -0.15) is 0 Å². The number of hydrogen-bond donors (Lipinski definition) is 1.